The molecule has 0 bridgehead atoms. The first-order valence-corrected chi connectivity index (χ1v) is 6.17. The lowest BCUT2D eigenvalue weighted by Crippen LogP contribution is -1.97. The van der Waals surface area contributed by atoms with Crippen molar-refractivity contribution in [3.05, 3.63) is 10.8 Å². The van der Waals surface area contributed by atoms with Crippen molar-refractivity contribution in [2.24, 2.45) is 5.92 Å². The molecule has 0 saturated carbocycles. The lowest BCUT2D eigenvalue weighted by molar-refractivity contribution is 0.507. The Hall–Kier alpha value is 0.440. The molecule has 0 aromatic rings. The number of rotatable bonds is 4. The van der Waals surface area contributed by atoms with Crippen molar-refractivity contribution in [3.63, 3.8) is 0 Å². The third-order valence-electron chi connectivity index (χ3n) is 2.11. The minimum absolute atomic E-state index is 0.823. The van der Waals surface area contributed by atoms with Crippen LogP contribution in [0.5, 0.6) is 0 Å². The molecule has 1 atom stereocenters. The van der Waals surface area contributed by atoms with Crippen LogP contribution in [-0.2, 0) is 0 Å². The van der Waals surface area contributed by atoms with Crippen LogP contribution in [0.3, 0.4) is 0 Å². The average Bonchev–Trinajstić information content (AvgIpc) is 2.52. The van der Waals surface area contributed by atoms with Crippen molar-refractivity contribution in [1.29, 1.82) is 0 Å². The van der Waals surface area contributed by atoms with Crippen molar-refractivity contribution in [2.75, 3.05) is 0 Å². The fraction of sp³-hybridized carbons (Fsp3) is 0.778. The highest BCUT2D eigenvalue weighted by atomic mass is 32.2. The summed E-state index contributed by atoms with van der Waals surface area (Å²) in [6.07, 6.45) is 4.09. The van der Waals surface area contributed by atoms with E-state index >= 15 is 0 Å². The molecular formula is C9H16S2. The molecule has 0 fully saturated rings. The minimum atomic E-state index is 0.823. The standard InChI is InChI=1S/C9H16S2/c1-3-8(2)4-5-9-10-6-7-11-9/h6-9H,3-5H2,1-2H3. The summed E-state index contributed by atoms with van der Waals surface area (Å²) in [5.74, 6) is 0.914. The summed E-state index contributed by atoms with van der Waals surface area (Å²) in [6.45, 7) is 4.62. The Morgan fingerprint density at radius 3 is 2.55 bits per heavy atom. The molecule has 0 radical (unpaired) electrons. The van der Waals surface area contributed by atoms with Crippen LogP contribution < -0.4 is 0 Å². The van der Waals surface area contributed by atoms with Gasteiger partial charge in [0.25, 0.3) is 0 Å². The van der Waals surface area contributed by atoms with E-state index in [0.717, 1.165) is 10.5 Å². The van der Waals surface area contributed by atoms with Crippen molar-refractivity contribution < 1.29 is 0 Å². The molecule has 1 unspecified atom stereocenters. The van der Waals surface area contributed by atoms with E-state index in [9.17, 15) is 0 Å². The Kier molecular flexibility index (Phi) is 4.46. The van der Waals surface area contributed by atoms with Gasteiger partial charge in [-0.2, -0.15) is 0 Å². The summed E-state index contributed by atoms with van der Waals surface area (Å²) in [5.41, 5.74) is 0. The zero-order valence-corrected chi connectivity index (χ0v) is 8.88. The van der Waals surface area contributed by atoms with Gasteiger partial charge in [0.15, 0.2) is 0 Å². The van der Waals surface area contributed by atoms with E-state index in [1.165, 1.54) is 19.3 Å². The third-order valence-corrected chi connectivity index (χ3v) is 4.61. The second-order valence-corrected chi connectivity index (χ2v) is 5.59. The van der Waals surface area contributed by atoms with Gasteiger partial charge in [-0.25, -0.2) is 0 Å². The maximum atomic E-state index is 2.34. The Morgan fingerprint density at radius 2 is 2.00 bits per heavy atom. The van der Waals surface area contributed by atoms with Gasteiger partial charge in [0.1, 0.15) is 0 Å². The van der Waals surface area contributed by atoms with E-state index in [2.05, 4.69) is 24.7 Å². The van der Waals surface area contributed by atoms with Gasteiger partial charge in [-0.3, -0.25) is 0 Å². The highest BCUT2D eigenvalue weighted by Crippen LogP contribution is 2.37. The molecule has 1 aliphatic rings. The fourth-order valence-corrected chi connectivity index (χ4v) is 3.08. The molecule has 0 aliphatic carbocycles. The van der Waals surface area contributed by atoms with E-state index in [4.69, 9.17) is 0 Å². The summed E-state index contributed by atoms with van der Waals surface area (Å²) in [7, 11) is 0. The maximum Gasteiger partial charge on any atom is 0.0585 e. The molecule has 1 rings (SSSR count). The Bertz CT molecular complexity index is 124. The van der Waals surface area contributed by atoms with Gasteiger partial charge in [0.05, 0.1) is 4.58 Å². The maximum absolute atomic E-state index is 2.34. The van der Waals surface area contributed by atoms with Crippen LogP contribution in [0, 0.1) is 5.92 Å². The highest BCUT2D eigenvalue weighted by Gasteiger charge is 2.12. The Morgan fingerprint density at radius 1 is 1.36 bits per heavy atom. The SMILES string of the molecule is CCC(C)CCC1SC=CS1. The highest BCUT2D eigenvalue weighted by molar-refractivity contribution is 8.22. The minimum Gasteiger partial charge on any atom is -0.119 e. The predicted octanol–water partition coefficient (Wildman–Crippen LogP) is 4.09. The van der Waals surface area contributed by atoms with Crippen LogP contribution in [0.15, 0.2) is 10.8 Å². The first-order valence-electron chi connectivity index (χ1n) is 4.29. The van der Waals surface area contributed by atoms with Gasteiger partial charge in [0, 0.05) is 0 Å². The number of hydrogen-bond acceptors (Lipinski definition) is 2. The van der Waals surface area contributed by atoms with Crippen LogP contribution in [0.25, 0.3) is 0 Å². The van der Waals surface area contributed by atoms with E-state index in [1.54, 1.807) is 0 Å². The molecule has 0 saturated heterocycles. The quantitative estimate of drug-likeness (QED) is 0.651. The molecule has 64 valence electrons. The second kappa shape index (κ2) is 5.15. The fourth-order valence-electron chi connectivity index (χ4n) is 1.03. The van der Waals surface area contributed by atoms with E-state index < -0.39 is 0 Å². The lowest BCUT2D eigenvalue weighted by Gasteiger charge is -2.11. The predicted molar refractivity (Wildman–Crippen MR) is 56.8 cm³/mol. The van der Waals surface area contributed by atoms with Crippen LogP contribution >= 0.6 is 23.5 Å². The summed E-state index contributed by atoms with van der Waals surface area (Å²) in [5, 5.41) is 4.43. The average molecular weight is 188 g/mol. The van der Waals surface area contributed by atoms with Gasteiger partial charge >= 0.3 is 0 Å². The van der Waals surface area contributed by atoms with Gasteiger partial charge in [-0.1, -0.05) is 20.3 Å². The van der Waals surface area contributed by atoms with E-state index in [0.29, 0.717) is 0 Å². The van der Waals surface area contributed by atoms with Crippen LogP contribution in [0.1, 0.15) is 33.1 Å². The molecule has 0 N–H and O–H groups in total. The first kappa shape index (κ1) is 9.53. The topological polar surface area (TPSA) is 0 Å². The van der Waals surface area contributed by atoms with Crippen LogP contribution in [-0.4, -0.2) is 4.58 Å². The summed E-state index contributed by atoms with van der Waals surface area (Å²) in [6, 6.07) is 0. The molecule has 0 spiro atoms. The second-order valence-electron chi connectivity index (χ2n) is 3.06. The van der Waals surface area contributed by atoms with Crippen molar-refractivity contribution in [1.82, 2.24) is 0 Å². The molecule has 1 heterocycles. The summed E-state index contributed by atoms with van der Waals surface area (Å²) < 4.78 is 0.823. The largest absolute Gasteiger partial charge is 0.119 e. The Labute approximate surface area is 78.2 Å². The summed E-state index contributed by atoms with van der Waals surface area (Å²) in [4.78, 5) is 0. The molecule has 0 aromatic heterocycles. The van der Waals surface area contributed by atoms with E-state index in [1.807, 2.05) is 23.5 Å². The molecule has 0 nitrogen and oxygen atoms in total. The molecule has 0 amide bonds. The van der Waals surface area contributed by atoms with Gasteiger partial charge in [-0.15, -0.1) is 23.5 Å². The molecule has 1 aliphatic heterocycles. The third kappa shape index (κ3) is 3.57. The zero-order valence-electron chi connectivity index (χ0n) is 7.25. The number of thioether (sulfide) groups is 2. The van der Waals surface area contributed by atoms with Crippen LogP contribution in [0.4, 0.5) is 0 Å². The first-order chi connectivity index (χ1) is 5.33. The molecule has 11 heavy (non-hydrogen) atoms. The van der Waals surface area contributed by atoms with Crippen molar-refractivity contribution in [3.8, 4) is 0 Å². The lowest BCUT2D eigenvalue weighted by atomic mass is 10.0. The van der Waals surface area contributed by atoms with Crippen molar-refractivity contribution in [2.45, 2.75) is 37.7 Å². The molecular weight excluding hydrogens is 172 g/mol. The van der Waals surface area contributed by atoms with Gasteiger partial charge in [-0.05, 0) is 29.6 Å². The summed E-state index contributed by atoms with van der Waals surface area (Å²) >= 11 is 3.95. The van der Waals surface area contributed by atoms with Gasteiger partial charge in [0.2, 0.25) is 0 Å². The Balaban J connectivity index is 2.03. The van der Waals surface area contributed by atoms with Gasteiger partial charge < -0.3 is 0 Å². The number of hydrogen-bond donors (Lipinski definition) is 0. The van der Waals surface area contributed by atoms with Crippen molar-refractivity contribution >= 4 is 23.5 Å². The smallest absolute Gasteiger partial charge is 0.0585 e. The van der Waals surface area contributed by atoms with Crippen LogP contribution in [0.2, 0.25) is 0 Å². The molecule has 0 aromatic carbocycles. The monoisotopic (exact) mass is 188 g/mol. The molecule has 2 heteroatoms. The van der Waals surface area contributed by atoms with E-state index in [-0.39, 0.29) is 0 Å². The normalized spacial score (nSPS) is 20.9. The zero-order chi connectivity index (χ0) is 8.10.